The molecule has 1 aromatic carbocycles. The minimum absolute atomic E-state index is 0.110. The highest BCUT2D eigenvalue weighted by Gasteiger charge is 2.15. The van der Waals surface area contributed by atoms with Gasteiger partial charge in [0.05, 0.1) is 7.11 Å². The van der Waals surface area contributed by atoms with E-state index in [1.54, 1.807) is 18.1 Å². The number of nitrogens with zero attached hydrogens (tertiary/aromatic N) is 1. The Morgan fingerprint density at radius 1 is 1.50 bits per heavy atom. The lowest BCUT2D eigenvalue weighted by molar-refractivity contribution is 0.199. The van der Waals surface area contributed by atoms with Crippen molar-refractivity contribution < 1.29 is 9.53 Å². The Morgan fingerprint density at radius 2 is 2.22 bits per heavy atom. The summed E-state index contributed by atoms with van der Waals surface area (Å²) in [5.41, 5.74) is 6.21. The van der Waals surface area contributed by atoms with Gasteiger partial charge in [-0.25, -0.2) is 4.79 Å². The van der Waals surface area contributed by atoms with Crippen molar-refractivity contribution in [1.82, 2.24) is 4.90 Å². The van der Waals surface area contributed by atoms with Gasteiger partial charge in [0, 0.05) is 30.9 Å². The molecule has 0 aliphatic carbocycles. The van der Waals surface area contributed by atoms with E-state index in [-0.39, 0.29) is 12.1 Å². The Kier molecular flexibility index (Phi) is 5.45. The molecule has 18 heavy (non-hydrogen) atoms. The van der Waals surface area contributed by atoms with Crippen molar-refractivity contribution in [3.8, 4) is 5.75 Å². The van der Waals surface area contributed by atoms with Crippen LogP contribution in [-0.2, 0) is 0 Å². The van der Waals surface area contributed by atoms with Crippen LogP contribution in [0.2, 0.25) is 0 Å². The van der Waals surface area contributed by atoms with E-state index < -0.39 is 0 Å². The molecule has 0 bridgehead atoms. The number of anilines is 1. The van der Waals surface area contributed by atoms with Crippen LogP contribution in [0.5, 0.6) is 5.75 Å². The Hall–Kier alpha value is -1.75. The third-order valence-corrected chi connectivity index (χ3v) is 2.58. The van der Waals surface area contributed by atoms with Gasteiger partial charge in [0.25, 0.3) is 0 Å². The second kappa shape index (κ2) is 6.86. The number of hydrogen-bond donors (Lipinski definition) is 2. The van der Waals surface area contributed by atoms with E-state index in [9.17, 15) is 4.79 Å². The van der Waals surface area contributed by atoms with Crippen molar-refractivity contribution >= 4 is 11.7 Å². The highest BCUT2D eigenvalue weighted by molar-refractivity contribution is 5.89. The summed E-state index contributed by atoms with van der Waals surface area (Å²) in [5.74, 6) is 0.711. The molecular formula is C13H21N3O2. The normalized spacial score (nSPS) is 10.3. The maximum Gasteiger partial charge on any atom is 0.322 e. The van der Waals surface area contributed by atoms with Gasteiger partial charge in [-0.2, -0.15) is 0 Å². The van der Waals surface area contributed by atoms with Gasteiger partial charge in [0.15, 0.2) is 0 Å². The summed E-state index contributed by atoms with van der Waals surface area (Å²) in [6, 6.07) is 7.22. The molecule has 3 N–H and O–H groups in total. The summed E-state index contributed by atoms with van der Waals surface area (Å²) in [6.45, 7) is 4.90. The van der Waals surface area contributed by atoms with Gasteiger partial charge in [-0.05, 0) is 26.0 Å². The first-order valence-electron chi connectivity index (χ1n) is 6.00. The smallest absolute Gasteiger partial charge is 0.322 e. The molecule has 5 heteroatoms. The molecule has 0 saturated heterocycles. The molecule has 0 heterocycles. The molecule has 5 nitrogen and oxygen atoms in total. The zero-order valence-corrected chi connectivity index (χ0v) is 11.1. The lowest BCUT2D eigenvalue weighted by Gasteiger charge is -2.26. The number of benzene rings is 1. The number of hydrogen-bond acceptors (Lipinski definition) is 3. The molecule has 0 unspecified atom stereocenters. The average Bonchev–Trinajstić information content (AvgIpc) is 2.35. The zero-order chi connectivity index (χ0) is 13.5. The van der Waals surface area contributed by atoms with E-state index in [2.05, 4.69) is 5.32 Å². The van der Waals surface area contributed by atoms with Gasteiger partial charge in [0.2, 0.25) is 0 Å². The number of urea groups is 1. The van der Waals surface area contributed by atoms with Crippen molar-refractivity contribution in [1.29, 1.82) is 0 Å². The highest BCUT2D eigenvalue weighted by Crippen LogP contribution is 2.17. The maximum absolute atomic E-state index is 12.1. The molecule has 0 spiro atoms. The third-order valence-electron chi connectivity index (χ3n) is 2.58. The highest BCUT2D eigenvalue weighted by atomic mass is 16.5. The van der Waals surface area contributed by atoms with E-state index in [0.29, 0.717) is 24.5 Å². The summed E-state index contributed by atoms with van der Waals surface area (Å²) in [6.07, 6.45) is 0. The van der Waals surface area contributed by atoms with E-state index in [0.717, 1.165) is 0 Å². The number of rotatable bonds is 5. The number of carbonyl (C=O) groups is 1. The zero-order valence-electron chi connectivity index (χ0n) is 11.1. The molecule has 100 valence electrons. The van der Waals surface area contributed by atoms with Crippen LogP contribution >= 0.6 is 0 Å². The minimum atomic E-state index is -0.149. The monoisotopic (exact) mass is 251 g/mol. The molecule has 0 aliphatic heterocycles. The average molecular weight is 251 g/mol. The molecule has 0 fully saturated rings. The first kappa shape index (κ1) is 14.3. The van der Waals surface area contributed by atoms with E-state index in [4.69, 9.17) is 10.5 Å². The molecule has 0 radical (unpaired) electrons. The molecule has 1 rings (SSSR count). The molecule has 1 aromatic rings. The van der Waals surface area contributed by atoms with Gasteiger partial charge in [-0.15, -0.1) is 0 Å². The van der Waals surface area contributed by atoms with E-state index in [1.807, 2.05) is 32.0 Å². The lowest BCUT2D eigenvalue weighted by Crippen LogP contribution is -2.42. The summed E-state index contributed by atoms with van der Waals surface area (Å²) in [7, 11) is 1.59. The first-order valence-corrected chi connectivity index (χ1v) is 6.00. The second-order valence-electron chi connectivity index (χ2n) is 4.24. The Labute approximate surface area is 108 Å². The van der Waals surface area contributed by atoms with Gasteiger partial charge < -0.3 is 20.7 Å². The summed E-state index contributed by atoms with van der Waals surface area (Å²) < 4.78 is 5.11. The van der Waals surface area contributed by atoms with Gasteiger partial charge in [-0.3, -0.25) is 0 Å². The molecule has 0 saturated carbocycles. The number of amides is 2. The van der Waals surface area contributed by atoms with Crippen LogP contribution < -0.4 is 15.8 Å². The second-order valence-corrected chi connectivity index (χ2v) is 4.24. The largest absolute Gasteiger partial charge is 0.497 e. The Balaban J connectivity index is 2.72. The SMILES string of the molecule is COc1cccc(NC(=O)N(CCN)C(C)C)c1. The van der Waals surface area contributed by atoms with Gasteiger partial charge >= 0.3 is 6.03 Å². The van der Waals surface area contributed by atoms with Crippen LogP contribution in [0.25, 0.3) is 0 Å². The number of carbonyl (C=O) groups excluding carboxylic acids is 1. The number of ether oxygens (including phenoxy) is 1. The van der Waals surface area contributed by atoms with Crippen LogP contribution in [0.4, 0.5) is 10.5 Å². The Morgan fingerprint density at radius 3 is 2.78 bits per heavy atom. The number of nitrogens with one attached hydrogen (secondary N) is 1. The lowest BCUT2D eigenvalue weighted by atomic mass is 10.3. The third kappa shape index (κ3) is 3.92. The van der Waals surface area contributed by atoms with Crippen LogP contribution in [-0.4, -0.2) is 37.2 Å². The van der Waals surface area contributed by atoms with Gasteiger partial charge in [-0.1, -0.05) is 6.07 Å². The molecule has 0 atom stereocenters. The predicted molar refractivity (Wildman–Crippen MR) is 72.9 cm³/mol. The van der Waals surface area contributed by atoms with Crippen LogP contribution in [0.1, 0.15) is 13.8 Å². The van der Waals surface area contributed by atoms with Crippen molar-refractivity contribution in [3.05, 3.63) is 24.3 Å². The summed E-state index contributed by atoms with van der Waals surface area (Å²) in [5, 5.41) is 2.83. The fourth-order valence-electron chi connectivity index (χ4n) is 1.63. The standard InChI is InChI=1S/C13H21N3O2/c1-10(2)16(8-7-14)13(17)15-11-5-4-6-12(9-11)18-3/h4-6,9-10H,7-8,14H2,1-3H3,(H,15,17). The fraction of sp³-hybridized carbons (Fsp3) is 0.462. The van der Waals surface area contributed by atoms with Crippen molar-refractivity contribution in [2.45, 2.75) is 19.9 Å². The summed E-state index contributed by atoms with van der Waals surface area (Å²) in [4.78, 5) is 13.8. The van der Waals surface area contributed by atoms with E-state index in [1.165, 1.54) is 0 Å². The maximum atomic E-state index is 12.1. The molecular weight excluding hydrogens is 230 g/mol. The van der Waals surface area contributed by atoms with Crippen molar-refractivity contribution in [2.24, 2.45) is 5.73 Å². The Bertz CT molecular complexity index is 394. The van der Waals surface area contributed by atoms with E-state index >= 15 is 0 Å². The predicted octanol–water partition coefficient (Wildman–Crippen LogP) is 1.90. The van der Waals surface area contributed by atoms with Crippen molar-refractivity contribution in [3.63, 3.8) is 0 Å². The quantitative estimate of drug-likeness (QED) is 0.839. The molecule has 0 aromatic heterocycles. The number of nitrogens with two attached hydrogens (primary N) is 1. The minimum Gasteiger partial charge on any atom is -0.497 e. The fourth-order valence-corrected chi connectivity index (χ4v) is 1.63. The number of methoxy groups -OCH3 is 1. The molecule has 0 aliphatic rings. The first-order chi connectivity index (χ1) is 8.58. The topological polar surface area (TPSA) is 67.6 Å². The summed E-state index contributed by atoms with van der Waals surface area (Å²) >= 11 is 0. The van der Waals surface area contributed by atoms with Crippen molar-refractivity contribution in [2.75, 3.05) is 25.5 Å². The van der Waals surface area contributed by atoms with Crippen LogP contribution in [0, 0.1) is 0 Å². The van der Waals surface area contributed by atoms with Crippen LogP contribution in [0.3, 0.4) is 0 Å². The van der Waals surface area contributed by atoms with Crippen LogP contribution in [0.15, 0.2) is 24.3 Å². The molecule has 2 amide bonds. The van der Waals surface area contributed by atoms with Gasteiger partial charge in [0.1, 0.15) is 5.75 Å².